The maximum Gasteiger partial charge on any atom is 0.119 e. The van der Waals surface area contributed by atoms with E-state index >= 15 is 0 Å². The van der Waals surface area contributed by atoms with Crippen molar-refractivity contribution in [3.05, 3.63) is 65.6 Å². The van der Waals surface area contributed by atoms with Gasteiger partial charge in [-0.1, -0.05) is 18.2 Å². The van der Waals surface area contributed by atoms with Crippen molar-refractivity contribution in [1.82, 2.24) is 0 Å². The summed E-state index contributed by atoms with van der Waals surface area (Å²) in [5, 5.41) is 2.09. The fraction of sp³-hybridized carbons (Fsp3) is 0.176. The SMILES string of the molecule is COc1ccc2cc(C(Cl)c3ccoc3C)ccc2c1. The number of hydrogen-bond donors (Lipinski definition) is 0. The van der Waals surface area contributed by atoms with E-state index < -0.39 is 0 Å². The Balaban J connectivity index is 2.03. The molecule has 0 bridgehead atoms. The van der Waals surface area contributed by atoms with Gasteiger partial charge in [-0.3, -0.25) is 0 Å². The van der Waals surface area contributed by atoms with Crippen molar-refractivity contribution in [3.63, 3.8) is 0 Å². The first-order valence-electron chi connectivity index (χ1n) is 6.45. The first-order valence-corrected chi connectivity index (χ1v) is 6.88. The number of rotatable bonds is 3. The number of halogens is 1. The van der Waals surface area contributed by atoms with E-state index in [9.17, 15) is 0 Å². The van der Waals surface area contributed by atoms with Gasteiger partial charge in [0.15, 0.2) is 0 Å². The zero-order valence-corrected chi connectivity index (χ0v) is 12.1. The molecule has 0 aliphatic rings. The van der Waals surface area contributed by atoms with Gasteiger partial charge >= 0.3 is 0 Å². The lowest BCUT2D eigenvalue weighted by molar-refractivity contribution is 0.415. The minimum absolute atomic E-state index is 0.194. The molecule has 20 heavy (non-hydrogen) atoms. The predicted octanol–water partition coefficient (Wildman–Crippen LogP) is 5.08. The molecule has 0 N–H and O–H groups in total. The number of benzene rings is 2. The molecule has 0 amide bonds. The summed E-state index contributed by atoms with van der Waals surface area (Å²) in [6.45, 7) is 1.93. The Hall–Kier alpha value is -1.93. The van der Waals surface area contributed by atoms with Gasteiger partial charge in [-0.2, -0.15) is 0 Å². The lowest BCUT2D eigenvalue weighted by atomic mass is 10.0. The summed E-state index contributed by atoms with van der Waals surface area (Å²) in [6, 6.07) is 14.2. The fourth-order valence-corrected chi connectivity index (χ4v) is 2.73. The molecular weight excluding hydrogens is 272 g/mol. The number of furan rings is 1. The predicted molar refractivity (Wildman–Crippen MR) is 81.6 cm³/mol. The molecule has 0 fully saturated rings. The average molecular weight is 287 g/mol. The zero-order valence-electron chi connectivity index (χ0n) is 11.4. The third-order valence-corrected chi connectivity index (χ3v) is 4.02. The second-order valence-electron chi connectivity index (χ2n) is 4.77. The van der Waals surface area contributed by atoms with Crippen LogP contribution < -0.4 is 4.74 Å². The Labute approximate surface area is 122 Å². The molecule has 0 saturated heterocycles. The maximum absolute atomic E-state index is 6.55. The van der Waals surface area contributed by atoms with Gasteiger partial charge in [-0.25, -0.2) is 0 Å². The van der Waals surface area contributed by atoms with Gasteiger partial charge in [-0.15, -0.1) is 11.6 Å². The summed E-state index contributed by atoms with van der Waals surface area (Å²) in [5.74, 6) is 1.72. The van der Waals surface area contributed by atoms with Crippen LogP contribution in [-0.2, 0) is 0 Å². The van der Waals surface area contributed by atoms with Gasteiger partial charge < -0.3 is 9.15 Å². The normalized spacial score (nSPS) is 12.6. The van der Waals surface area contributed by atoms with E-state index in [1.54, 1.807) is 13.4 Å². The second-order valence-corrected chi connectivity index (χ2v) is 5.20. The van der Waals surface area contributed by atoms with Crippen molar-refractivity contribution in [3.8, 4) is 5.75 Å². The van der Waals surface area contributed by atoms with Gasteiger partial charge in [0.05, 0.1) is 18.8 Å². The van der Waals surface area contributed by atoms with Crippen LogP contribution in [0.25, 0.3) is 10.8 Å². The van der Waals surface area contributed by atoms with Gasteiger partial charge in [0.2, 0.25) is 0 Å². The maximum atomic E-state index is 6.55. The molecule has 2 nitrogen and oxygen atoms in total. The standard InChI is InChI=1S/C17H15ClO2/c1-11-16(7-8-20-11)17(18)14-4-3-13-10-15(19-2)6-5-12(13)9-14/h3-10,17H,1-2H3. The van der Waals surface area contributed by atoms with Crippen LogP contribution in [0.2, 0.25) is 0 Å². The van der Waals surface area contributed by atoms with Crippen molar-refractivity contribution in [2.24, 2.45) is 0 Å². The summed E-state index contributed by atoms with van der Waals surface area (Å²) in [4.78, 5) is 0. The third kappa shape index (κ3) is 2.27. The highest BCUT2D eigenvalue weighted by atomic mass is 35.5. The van der Waals surface area contributed by atoms with Gasteiger partial charge in [0.25, 0.3) is 0 Å². The van der Waals surface area contributed by atoms with E-state index in [0.717, 1.165) is 33.4 Å². The van der Waals surface area contributed by atoms with Crippen molar-refractivity contribution in [1.29, 1.82) is 0 Å². The Kier molecular flexibility index (Phi) is 3.41. The van der Waals surface area contributed by atoms with Crippen LogP contribution in [0.1, 0.15) is 22.3 Å². The number of fused-ring (bicyclic) bond motifs is 1. The minimum atomic E-state index is -0.194. The monoisotopic (exact) mass is 286 g/mol. The van der Waals surface area contributed by atoms with Crippen LogP contribution in [0.5, 0.6) is 5.75 Å². The highest BCUT2D eigenvalue weighted by Crippen LogP contribution is 2.33. The fourth-order valence-electron chi connectivity index (χ4n) is 2.36. The quantitative estimate of drug-likeness (QED) is 0.627. The van der Waals surface area contributed by atoms with E-state index in [1.165, 1.54) is 0 Å². The van der Waals surface area contributed by atoms with Crippen LogP contribution in [-0.4, -0.2) is 7.11 Å². The van der Waals surface area contributed by atoms with Gasteiger partial charge in [0, 0.05) is 5.56 Å². The summed E-state index contributed by atoms with van der Waals surface area (Å²) in [6.07, 6.45) is 1.67. The first kappa shape index (κ1) is 13.1. The van der Waals surface area contributed by atoms with Crippen molar-refractivity contribution >= 4 is 22.4 Å². The first-order chi connectivity index (χ1) is 9.69. The molecule has 0 aliphatic carbocycles. The van der Waals surface area contributed by atoms with E-state index in [4.69, 9.17) is 20.8 Å². The molecular formula is C17H15ClO2. The zero-order chi connectivity index (χ0) is 14.1. The summed E-state index contributed by atoms with van der Waals surface area (Å²) < 4.78 is 10.6. The van der Waals surface area contributed by atoms with Crippen molar-refractivity contribution in [2.45, 2.75) is 12.3 Å². The number of methoxy groups -OCH3 is 1. The highest BCUT2D eigenvalue weighted by molar-refractivity contribution is 6.22. The van der Waals surface area contributed by atoms with Crippen LogP contribution in [0, 0.1) is 6.92 Å². The second kappa shape index (κ2) is 5.22. The number of hydrogen-bond acceptors (Lipinski definition) is 2. The summed E-state index contributed by atoms with van der Waals surface area (Å²) >= 11 is 6.55. The highest BCUT2D eigenvalue weighted by Gasteiger charge is 2.15. The lowest BCUT2D eigenvalue weighted by Gasteiger charge is -2.11. The molecule has 102 valence electrons. The van der Waals surface area contributed by atoms with E-state index in [2.05, 4.69) is 12.1 Å². The molecule has 3 rings (SSSR count). The topological polar surface area (TPSA) is 22.4 Å². The van der Waals surface area contributed by atoms with Crippen LogP contribution in [0.4, 0.5) is 0 Å². The Morgan fingerprint density at radius 1 is 1.05 bits per heavy atom. The van der Waals surface area contributed by atoms with E-state index in [0.29, 0.717) is 0 Å². The Bertz CT molecular complexity index is 746. The molecule has 1 atom stereocenters. The number of ether oxygens (including phenoxy) is 1. The molecule has 1 heterocycles. The summed E-state index contributed by atoms with van der Waals surface area (Å²) in [5.41, 5.74) is 2.08. The van der Waals surface area contributed by atoms with Crippen molar-refractivity contribution < 1.29 is 9.15 Å². The molecule has 3 heteroatoms. The minimum Gasteiger partial charge on any atom is -0.497 e. The molecule has 3 aromatic rings. The molecule has 1 unspecified atom stereocenters. The Morgan fingerprint density at radius 2 is 1.80 bits per heavy atom. The number of aryl methyl sites for hydroxylation is 1. The van der Waals surface area contributed by atoms with E-state index in [1.807, 2.05) is 37.3 Å². The number of alkyl halides is 1. The molecule has 0 spiro atoms. The van der Waals surface area contributed by atoms with Crippen LogP contribution in [0.15, 0.2) is 53.1 Å². The van der Waals surface area contributed by atoms with Crippen LogP contribution >= 0.6 is 11.6 Å². The molecule has 2 aromatic carbocycles. The van der Waals surface area contributed by atoms with E-state index in [-0.39, 0.29) is 5.38 Å². The third-order valence-electron chi connectivity index (χ3n) is 3.54. The average Bonchev–Trinajstić information content (AvgIpc) is 2.91. The lowest BCUT2D eigenvalue weighted by Crippen LogP contribution is -1.93. The molecule has 0 saturated carbocycles. The van der Waals surface area contributed by atoms with Gasteiger partial charge in [0.1, 0.15) is 11.5 Å². The largest absolute Gasteiger partial charge is 0.497 e. The molecule has 0 aliphatic heterocycles. The molecule has 1 aromatic heterocycles. The Morgan fingerprint density at radius 3 is 2.50 bits per heavy atom. The summed E-state index contributed by atoms with van der Waals surface area (Å²) in [7, 11) is 1.67. The van der Waals surface area contributed by atoms with Crippen molar-refractivity contribution in [2.75, 3.05) is 7.11 Å². The van der Waals surface area contributed by atoms with Crippen LogP contribution in [0.3, 0.4) is 0 Å². The van der Waals surface area contributed by atoms with Gasteiger partial charge in [-0.05, 0) is 47.5 Å². The smallest absolute Gasteiger partial charge is 0.119 e. The molecule has 0 radical (unpaired) electrons.